The zero-order valence-corrected chi connectivity index (χ0v) is 10.8. The Bertz CT molecular complexity index is 589. The van der Waals surface area contributed by atoms with Gasteiger partial charge in [-0.1, -0.05) is 0 Å². The standard InChI is InChI=1S/C14H15NO4/c1-9-7-10(3-5-12(9)18-2)15-8-11-4-6-13(19-11)14(16)17/h3-7,15H,8H2,1-2H3,(H,16,17). The van der Waals surface area contributed by atoms with Crippen molar-refractivity contribution in [2.24, 2.45) is 0 Å². The molecule has 0 saturated heterocycles. The predicted octanol–water partition coefficient (Wildman–Crippen LogP) is 2.91. The van der Waals surface area contributed by atoms with Gasteiger partial charge in [0.25, 0.3) is 0 Å². The fraction of sp³-hybridized carbons (Fsp3) is 0.214. The fourth-order valence-corrected chi connectivity index (χ4v) is 1.77. The maximum absolute atomic E-state index is 10.7. The molecule has 100 valence electrons. The number of carboxylic acids is 1. The number of hydrogen-bond acceptors (Lipinski definition) is 4. The number of nitrogens with one attached hydrogen (secondary N) is 1. The van der Waals surface area contributed by atoms with Gasteiger partial charge in [0.1, 0.15) is 11.5 Å². The van der Waals surface area contributed by atoms with Gasteiger partial charge in [0.2, 0.25) is 5.76 Å². The molecule has 2 aromatic rings. The number of carboxylic acid groups (broad SMARTS) is 1. The second-order valence-electron chi connectivity index (χ2n) is 4.11. The lowest BCUT2D eigenvalue weighted by atomic mass is 10.2. The molecule has 5 nitrogen and oxygen atoms in total. The van der Waals surface area contributed by atoms with E-state index in [-0.39, 0.29) is 5.76 Å². The minimum atomic E-state index is -1.06. The first-order valence-electron chi connectivity index (χ1n) is 5.80. The van der Waals surface area contributed by atoms with Crippen molar-refractivity contribution < 1.29 is 19.1 Å². The lowest BCUT2D eigenvalue weighted by Crippen LogP contribution is -1.99. The maximum Gasteiger partial charge on any atom is 0.371 e. The van der Waals surface area contributed by atoms with Crippen LogP contribution in [-0.4, -0.2) is 18.2 Å². The highest BCUT2D eigenvalue weighted by Crippen LogP contribution is 2.22. The topological polar surface area (TPSA) is 71.7 Å². The zero-order chi connectivity index (χ0) is 13.8. The first-order valence-corrected chi connectivity index (χ1v) is 5.80. The Hall–Kier alpha value is -2.43. The average molecular weight is 261 g/mol. The van der Waals surface area contributed by atoms with Gasteiger partial charge in [-0.05, 0) is 42.8 Å². The van der Waals surface area contributed by atoms with E-state index in [9.17, 15) is 4.79 Å². The van der Waals surface area contributed by atoms with Crippen molar-refractivity contribution in [2.75, 3.05) is 12.4 Å². The third-order valence-electron chi connectivity index (χ3n) is 2.73. The Morgan fingerprint density at radius 2 is 2.16 bits per heavy atom. The summed E-state index contributed by atoms with van der Waals surface area (Å²) in [6, 6.07) is 8.82. The van der Waals surface area contributed by atoms with Crippen molar-refractivity contribution in [3.63, 3.8) is 0 Å². The zero-order valence-electron chi connectivity index (χ0n) is 10.8. The van der Waals surface area contributed by atoms with E-state index in [0.717, 1.165) is 17.0 Å². The van der Waals surface area contributed by atoms with Crippen LogP contribution in [0, 0.1) is 6.92 Å². The van der Waals surface area contributed by atoms with Crippen molar-refractivity contribution in [3.05, 3.63) is 47.4 Å². The molecule has 0 radical (unpaired) electrons. The van der Waals surface area contributed by atoms with Gasteiger partial charge in [-0.3, -0.25) is 0 Å². The van der Waals surface area contributed by atoms with Gasteiger partial charge in [0, 0.05) is 5.69 Å². The van der Waals surface area contributed by atoms with E-state index in [1.807, 2.05) is 25.1 Å². The minimum Gasteiger partial charge on any atom is -0.496 e. The molecule has 0 fully saturated rings. The summed E-state index contributed by atoms with van der Waals surface area (Å²) in [6.45, 7) is 2.39. The Morgan fingerprint density at radius 3 is 2.74 bits per heavy atom. The molecule has 0 saturated carbocycles. The highest BCUT2D eigenvalue weighted by molar-refractivity contribution is 5.84. The van der Waals surface area contributed by atoms with E-state index in [0.29, 0.717) is 12.3 Å². The van der Waals surface area contributed by atoms with Crippen LogP contribution in [0.1, 0.15) is 21.9 Å². The van der Waals surface area contributed by atoms with Gasteiger partial charge >= 0.3 is 5.97 Å². The largest absolute Gasteiger partial charge is 0.496 e. The summed E-state index contributed by atoms with van der Waals surface area (Å²) < 4.78 is 10.3. The van der Waals surface area contributed by atoms with Crippen molar-refractivity contribution in [2.45, 2.75) is 13.5 Å². The Kier molecular flexibility index (Phi) is 3.75. The first kappa shape index (κ1) is 13.0. The SMILES string of the molecule is COc1ccc(NCc2ccc(C(=O)O)o2)cc1C. The summed E-state index contributed by atoms with van der Waals surface area (Å²) >= 11 is 0. The van der Waals surface area contributed by atoms with E-state index >= 15 is 0 Å². The summed E-state index contributed by atoms with van der Waals surface area (Å²) in [5.41, 5.74) is 1.95. The number of carbonyl (C=O) groups is 1. The molecule has 0 bridgehead atoms. The van der Waals surface area contributed by atoms with Crippen LogP contribution < -0.4 is 10.1 Å². The van der Waals surface area contributed by atoms with Crippen LogP contribution in [0.4, 0.5) is 5.69 Å². The molecule has 2 N–H and O–H groups in total. The molecule has 0 aliphatic carbocycles. The summed E-state index contributed by atoms with van der Waals surface area (Å²) in [6.07, 6.45) is 0. The molecular formula is C14H15NO4. The Balaban J connectivity index is 2.01. The summed E-state index contributed by atoms with van der Waals surface area (Å²) in [4.78, 5) is 10.7. The van der Waals surface area contributed by atoms with Gasteiger partial charge in [-0.2, -0.15) is 0 Å². The Labute approximate surface area is 110 Å². The number of ether oxygens (including phenoxy) is 1. The highest BCUT2D eigenvalue weighted by Gasteiger charge is 2.08. The Morgan fingerprint density at radius 1 is 1.37 bits per heavy atom. The molecule has 0 amide bonds. The number of furan rings is 1. The second kappa shape index (κ2) is 5.48. The molecular weight excluding hydrogens is 246 g/mol. The molecule has 19 heavy (non-hydrogen) atoms. The van der Waals surface area contributed by atoms with Gasteiger partial charge < -0.3 is 19.6 Å². The maximum atomic E-state index is 10.7. The lowest BCUT2D eigenvalue weighted by Gasteiger charge is -2.08. The summed E-state index contributed by atoms with van der Waals surface area (Å²) in [5.74, 6) is 0.289. The predicted molar refractivity (Wildman–Crippen MR) is 70.7 cm³/mol. The third kappa shape index (κ3) is 3.07. The average Bonchev–Trinajstić information content (AvgIpc) is 2.85. The van der Waals surface area contributed by atoms with E-state index < -0.39 is 5.97 Å². The van der Waals surface area contributed by atoms with E-state index in [1.54, 1.807) is 13.2 Å². The molecule has 0 aliphatic heterocycles. The van der Waals surface area contributed by atoms with Crippen LogP contribution in [0.5, 0.6) is 5.75 Å². The van der Waals surface area contributed by atoms with E-state index in [1.165, 1.54) is 6.07 Å². The van der Waals surface area contributed by atoms with Gasteiger partial charge in [0.15, 0.2) is 0 Å². The van der Waals surface area contributed by atoms with Crippen LogP contribution in [0.2, 0.25) is 0 Å². The summed E-state index contributed by atoms with van der Waals surface area (Å²) in [5, 5.41) is 11.9. The van der Waals surface area contributed by atoms with Crippen LogP contribution in [0.15, 0.2) is 34.7 Å². The number of methoxy groups -OCH3 is 1. The monoisotopic (exact) mass is 261 g/mol. The van der Waals surface area contributed by atoms with E-state index in [4.69, 9.17) is 14.3 Å². The number of hydrogen-bond donors (Lipinski definition) is 2. The molecule has 0 atom stereocenters. The minimum absolute atomic E-state index is 0.0530. The van der Waals surface area contributed by atoms with Crippen LogP contribution in [0.25, 0.3) is 0 Å². The smallest absolute Gasteiger partial charge is 0.371 e. The number of benzene rings is 1. The van der Waals surface area contributed by atoms with Crippen molar-refractivity contribution in [3.8, 4) is 5.75 Å². The molecule has 1 aromatic heterocycles. The molecule has 0 unspecified atom stereocenters. The van der Waals surface area contributed by atoms with Crippen LogP contribution in [0.3, 0.4) is 0 Å². The normalized spacial score (nSPS) is 10.2. The molecule has 2 rings (SSSR count). The van der Waals surface area contributed by atoms with Gasteiger partial charge in [0.05, 0.1) is 13.7 Å². The van der Waals surface area contributed by atoms with Gasteiger partial charge in [-0.25, -0.2) is 4.79 Å². The molecule has 0 aliphatic rings. The first-order chi connectivity index (χ1) is 9.10. The second-order valence-corrected chi connectivity index (χ2v) is 4.11. The van der Waals surface area contributed by atoms with Gasteiger partial charge in [-0.15, -0.1) is 0 Å². The number of aryl methyl sites for hydroxylation is 1. The number of rotatable bonds is 5. The van der Waals surface area contributed by atoms with Crippen molar-refractivity contribution in [1.82, 2.24) is 0 Å². The summed E-state index contributed by atoms with van der Waals surface area (Å²) in [7, 11) is 1.63. The molecule has 0 spiro atoms. The lowest BCUT2D eigenvalue weighted by molar-refractivity contribution is 0.0660. The van der Waals surface area contributed by atoms with Crippen molar-refractivity contribution >= 4 is 11.7 Å². The fourth-order valence-electron chi connectivity index (χ4n) is 1.77. The molecule has 1 heterocycles. The third-order valence-corrected chi connectivity index (χ3v) is 2.73. The quantitative estimate of drug-likeness (QED) is 0.865. The molecule has 1 aromatic carbocycles. The number of anilines is 1. The number of aromatic carboxylic acids is 1. The highest BCUT2D eigenvalue weighted by atomic mass is 16.5. The van der Waals surface area contributed by atoms with Crippen molar-refractivity contribution in [1.29, 1.82) is 0 Å². The molecule has 5 heteroatoms. The van der Waals surface area contributed by atoms with E-state index in [2.05, 4.69) is 5.32 Å². The van der Waals surface area contributed by atoms with Crippen LogP contribution >= 0.6 is 0 Å². The van der Waals surface area contributed by atoms with Crippen LogP contribution in [-0.2, 0) is 6.54 Å².